The van der Waals surface area contributed by atoms with E-state index in [2.05, 4.69) is 46.8 Å². The van der Waals surface area contributed by atoms with Crippen molar-refractivity contribution in [1.29, 1.82) is 0 Å². The molecule has 5 heteroatoms. The number of anilines is 2. The number of benzene rings is 2. The Bertz CT molecular complexity index is 1040. The highest BCUT2D eigenvalue weighted by molar-refractivity contribution is 6.07. The fraction of sp³-hybridized carbons (Fsp3) is 0.333. The van der Waals surface area contributed by atoms with Crippen LogP contribution in [-0.2, 0) is 4.74 Å². The molecule has 0 atom stereocenters. The molecular formula is C24H27N3O2. The predicted octanol–water partition coefficient (Wildman–Crippen LogP) is 4.35. The molecule has 3 aromatic rings. The summed E-state index contributed by atoms with van der Waals surface area (Å²) in [6.45, 7) is 10.2. The Hall–Kier alpha value is -3.08. The minimum Gasteiger partial charge on any atom is -0.462 e. The third-order valence-electron chi connectivity index (χ3n) is 5.54. The van der Waals surface area contributed by atoms with Crippen molar-refractivity contribution in [2.75, 3.05) is 42.6 Å². The summed E-state index contributed by atoms with van der Waals surface area (Å²) in [5.74, 6) is 0.622. The number of pyridine rings is 1. The van der Waals surface area contributed by atoms with Gasteiger partial charge in [0.15, 0.2) is 0 Å². The summed E-state index contributed by atoms with van der Waals surface area (Å²) < 4.78 is 5.20. The lowest BCUT2D eigenvalue weighted by Gasteiger charge is -2.38. The number of carbonyl (C=O) groups is 1. The molecule has 0 spiro atoms. The number of carbonyl (C=O) groups excluding carboxylic acids is 1. The van der Waals surface area contributed by atoms with E-state index in [4.69, 9.17) is 4.74 Å². The van der Waals surface area contributed by atoms with Crippen molar-refractivity contribution in [2.24, 2.45) is 0 Å². The Morgan fingerprint density at radius 2 is 1.69 bits per heavy atom. The van der Waals surface area contributed by atoms with Crippen molar-refractivity contribution in [3.05, 3.63) is 65.4 Å². The zero-order valence-corrected chi connectivity index (χ0v) is 17.3. The lowest BCUT2D eigenvalue weighted by Crippen LogP contribution is -2.47. The molecule has 1 aromatic heterocycles. The van der Waals surface area contributed by atoms with Gasteiger partial charge in [0.05, 0.1) is 12.2 Å². The summed E-state index contributed by atoms with van der Waals surface area (Å²) in [6, 6.07) is 14.6. The van der Waals surface area contributed by atoms with Crippen molar-refractivity contribution >= 4 is 28.2 Å². The van der Waals surface area contributed by atoms with Crippen LogP contribution in [-0.4, -0.2) is 43.7 Å². The van der Waals surface area contributed by atoms with Gasteiger partial charge >= 0.3 is 5.97 Å². The summed E-state index contributed by atoms with van der Waals surface area (Å²) in [7, 11) is 0. The Labute approximate surface area is 171 Å². The van der Waals surface area contributed by atoms with Crippen LogP contribution in [0.4, 0.5) is 11.5 Å². The van der Waals surface area contributed by atoms with Gasteiger partial charge in [0.2, 0.25) is 0 Å². The summed E-state index contributed by atoms with van der Waals surface area (Å²) in [6.07, 6.45) is 1.66. The molecule has 2 aromatic carbocycles. The SMILES string of the molecule is CCOC(=O)c1cnc(N2CCN(c3ccc(C)cc3C)CC2)c2ccccc12. The molecule has 2 heterocycles. The van der Waals surface area contributed by atoms with Crippen LogP contribution in [0.15, 0.2) is 48.7 Å². The number of hydrogen-bond donors (Lipinski definition) is 0. The maximum Gasteiger partial charge on any atom is 0.340 e. The third kappa shape index (κ3) is 3.77. The normalized spacial score (nSPS) is 14.3. The monoisotopic (exact) mass is 389 g/mol. The zero-order chi connectivity index (χ0) is 20.4. The van der Waals surface area contributed by atoms with Gasteiger partial charge in [0.25, 0.3) is 0 Å². The van der Waals surface area contributed by atoms with Crippen LogP contribution < -0.4 is 9.80 Å². The number of aryl methyl sites for hydroxylation is 2. The summed E-state index contributed by atoms with van der Waals surface area (Å²) in [5.41, 5.74) is 4.45. The maximum atomic E-state index is 12.3. The predicted molar refractivity (Wildman–Crippen MR) is 118 cm³/mol. The number of piperazine rings is 1. The van der Waals surface area contributed by atoms with Crippen molar-refractivity contribution in [1.82, 2.24) is 4.98 Å². The molecule has 0 saturated carbocycles. The molecule has 150 valence electrons. The van der Waals surface area contributed by atoms with Crippen LogP contribution in [0.3, 0.4) is 0 Å². The number of hydrogen-bond acceptors (Lipinski definition) is 5. The van der Waals surface area contributed by atoms with Crippen molar-refractivity contribution in [3.8, 4) is 0 Å². The van der Waals surface area contributed by atoms with Gasteiger partial charge in [-0.15, -0.1) is 0 Å². The summed E-state index contributed by atoms with van der Waals surface area (Å²) >= 11 is 0. The van der Waals surface area contributed by atoms with Gasteiger partial charge in [-0.25, -0.2) is 9.78 Å². The molecule has 1 aliphatic rings. The van der Waals surface area contributed by atoms with Crippen LogP contribution in [0.5, 0.6) is 0 Å². The topological polar surface area (TPSA) is 45.7 Å². The van der Waals surface area contributed by atoms with Gasteiger partial charge in [-0.05, 0) is 32.4 Å². The highest BCUT2D eigenvalue weighted by atomic mass is 16.5. The second kappa shape index (κ2) is 8.11. The second-order valence-corrected chi connectivity index (χ2v) is 7.53. The van der Waals surface area contributed by atoms with Crippen molar-refractivity contribution < 1.29 is 9.53 Å². The van der Waals surface area contributed by atoms with E-state index in [0.29, 0.717) is 12.2 Å². The second-order valence-electron chi connectivity index (χ2n) is 7.53. The fourth-order valence-corrected chi connectivity index (χ4v) is 4.12. The van der Waals surface area contributed by atoms with E-state index >= 15 is 0 Å². The first-order valence-electron chi connectivity index (χ1n) is 10.2. The van der Waals surface area contributed by atoms with Crippen molar-refractivity contribution in [2.45, 2.75) is 20.8 Å². The molecule has 1 fully saturated rings. The lowest BCUT2D eigenvalue weighted by molar-refractivity contribution is 0.0528. The van der Waals surface area contributed by atoms with Gasteiger partial charge in [-0.1, -0.05) is 42.0 Å². The highest BCUT2D eigenvalue weighted by Crippen LogP contribution is 2.30. The van der Waals surface area contributed by atoms with Gasteiger partial charge in [0.1, 0.15) is 5.82 Å². The van der Waals surface area contributed by atoms with Crippen molar-refractivity contribution in [3.63, 3.8) is 0 Å². The number of fused-ring (bicyclic) bond motifs is 1. The van der Waals surface area contributed by atoms with E-state index < -0.39 is 0 Å². The van der Waals surface area contributed by atoms with Crippen LogP contribution in [0.2, 0.25) is 0 Å². The largest absolute Gasteiger partial charge is 0.462 e. The first kappa shape index (κ1) is 19.2. The Morgan fingerprint density at radius 3 is 2.38 bits per heavy atom. The molecule has 0 radical (unpaired) electrons. The highest BCUT2D eigenvalue weighted by Gasteiger charge is 2.22. The summed E-state index contributed by atoms with van der Waals surface area (Å²) in [4.78, 5) is 21.7. The maximum absolute atomic E-state index is 12.3. The fourth-order valence-electron chi connectivity index (χ4n) is 4.12. The van der Waals surface area contributed by atoms with Crippen LogP contribution in [0.25, 0.3) is 10.8 Å². The van der Waals surface area contributed by atoms with E-state index in [1.54, 1.807) is 6.20 Å². The minimum atomic E-state index is -0.317. The molecule has 1 saturated heterocycles. The number of esters is 1. The molecule has 0 N–H and O–H groups in total. The Morgan fingerprint density at radius 1 is 1.00 bits per heavy atom. The minimum absolute atomic E-state index is 0.317. The van der Waals surface area contributed by atoms with Gasteiger partial charge in [-0.2, -0.15) is 0 Å². The molecule has 1 aliphatic heterocycles. The lowest BCUT2D eigenvalue weighted by atomic mass is 10.1. The quantitative estimate of drug-likeness (QED) is 0.621. The van der Waals surface area contributed by atoms with Crippen LogP contribution in [0.1, 0.15) is 28.4 Å². The van der Waals surface area contributed by atoms with Crippen LogP contribution >= 0.6 is 0 Å². The molecule has 0 bridgehead atoms. The molecule has 5 nitrogen and oxygen atoms in total. The first-order chi connectivity index (χ1) is 14.1. The van der Waals surface area contributed by atoms with Gasteiger partial charge in [0, 0.05) is 48.8 Å². The number of aromatic nitrogens is 1. The molecule has 0 aliphatic carbocycles. The van der Waals surface area contributed by atoms with E-state index in [0.717, 1.165) is 42.8 Å². The van der Waals surface area contributed by atoms with E-state index in [1.807, 2.05) is 31.2 Å². The third-order valence-corrected chi connectivity index (χ3v) is 5.54. The first-order valence-corrected chi connectivity index (χ1v) is 10.2. The standard InChI is InChI=1S/C24H27N3O2/c1-4-29-24(28)21-16-25-23(20-8-6-5-7-19(20)21)27-13-11-26(12-14-27)22-10-9-17(2)15-18(22)3/h5-10,15-16H,4,11-14H2,1-3H3. The summed E-state index contributed by atoms with van der Waals surface area (Å²) in [5, 5.41) is 1.89. The molecule has 4 rings (SSSR count). The number of rotatable bonds is 4. The number of ether oxygens (including phenoxy) is 1. The van der Waals surface area contributed by atoms with E-state index in [-0.39, 0.29) is 5.97 Å². The van der Waals surface area contributed by atoms with Gasteiger partial charge < -0.3 is 14.5 Å². The van der Waals surface area contributed by atoms with E-state index in [1.165, 1.54) is 16.8 Å². The average molecular weight is 389 g/mol. The molecule has 0 unspecified atom stereocenters. The zero-order valence-electron chi connectivity index (χ0n) is 17.3. The average Bonchev–Trinajstić information content (AvgIpc) is 2.73. The molecular weight excluding hydrogens is 362 g/mol. The molecule has 0 amide bonds. The van der Waals surface area contributed by atoms with Gasteiger partial charge in [-0.3, -0.25) is 0 Å². The number of nitrogens with zero attached hydrogens (tertiary/aromatic N) is 3. The Kier molecular flexibility index (Phi) is 5.38. The molecule has 29 heavy (non-hydrogen) atoms. The van der Waals surface area contributed by atoms with E-state index in [9.17, 15) is 4.79 Å². The Balaban J connectivity index is 1.59. The van der Waals surface area contributed by atoms with Crippen LogP contribution in [0, 0.1) is 13.8 Å². The smallest absolute Gasteiger partial charge is 0.340 e.